The number of aromatic amines is 1. The SMILES string of the molecule is CCN(Cc1ccccc1)c1cc(C)c2ccc(Cl)cc2[nH+]1. The van der Waals surface area contributed by atoms with Gasteiger partial charge in [0.15, 0.2) is 0 Å². The fourth-order valence-corrected chi connectivity index (χ4v) is 2.93. The first-order chi connectivity index (χ1) is 10.7. The lowest BCUT2D eigenvalue weighted by Crippen LogP contribution is -2.28. The van der Waals surface area contributed by atoms with E-state index < -0.39 is 0 Å². The zero-order valence-electron chi connectivity index (χ0n) is 12.9. The minimum Gasteiger partial charge on any atom is -0.258 e. The fraction of sp³-hybridized carbons (Fsp3) is 0.211. The first kappa shape index (κ1) is 14.9. The molecule has 22 heavy (non-hydrogen) atoms. The molecule has 1 N–H and O–H groups in total. The van der Waals surface area contributed by atoms with Crippen molar-refractivity contribution < 1.29 is 4.98 Å². The van der Waals surface area contributed by atoms with Gasteiger partial charge in [-0.15, -0.1) is 0 Å². The third kappa shape index (κ3) is 3.07. The van der Waals surface area contributed by atoms with Crippen LogP contribution in [0.15, 0.2) is 54.6 Å². The Hall–Kier alpha value is -2.06. The summed E-state index contributed by atoms with van der Waals surface area (Å²) < 4.78 is 0. The predicted octanol–water partition coefficient (Wildman–Crippen LogP) is 4.64. The molecule has 0 unspecified atom stereocenters. The number of fused-ring (bicyclic) bond motifs is 1. The predicted molar refractivity (Wildman–Crippen MR) is 93.4 cm³/mol. The van der Waals surface area contributed by atoms with Gasteiger partial charge in [0.2, 0.25) is 0 Å². The third-order valence-corrected chi connectivity index (χ3v) is 4.20. The molecule has 0 radical (unpaired) electrons. The molecule has 0 aliphatic carbocycles. The highest BCUT2D eigenvalue weighted by molar-refractivity contribution is 6.31. The van der Waals surface area contributed by atoms with Gasteiger partial charge in [-0.1, -0.05) is 41.9 Å². The number of aromatic nitrogens is 1. The van der Waals surface area contributed by atoms with E-state index in [2.05, 4.69) is 60.1 Å². The van der Waals surface area contributed by atoms with Gasteiger partial charge in [0.1, 0.15) is 12.1 Å². The highest BCUT2D eigenvalue weighted by atomic mass is 35.5. The number of nitrogens with zero attached hydrogens (tertiary/aromatic N) is 1. The van der Waals surface area contributed by atoms with Crippen LogP contribution in [0.5, 0.6) is 0 Å². The van der Waals surface area contributed by atoms with E-state index in [0.717, 1.165) is 29.4 Å². The molecule has 0 saturated heterocycles. The summed E-state index contributed by atoms with van der Waals surface area (Å²) in [6, 6.07) is 18.7. The van der Waals surface area contributed by atoms with Crippen molar-refractivity contribution in [3.8, 4) is 0 Å². The van der Waals surface area contributed by atoms with Gasteiger partial charge in [0, 0.05) is 22.5 Å². The Bertz CT molecular complexity index is 784. The fourth-order valence-electron chi connectivity index (χ4n) is 2.76. The van der Waals surface area contributed by atoms with Gasteiger partial charge >= 0.3 is 0 Å². The zero-order chi connectivity index (χ0) is 15.5. The Morgan fingerprint density at radius 3 is 2.55 bits per heavy atom. The van der Waals surface area contributed by atoms with Crippen LogP contribution in [-0.4, -0.2) is 6.54 Å². The highest BCUT2D eigenvalue weighted by Gasteiger charge is 2.16. The maximum absolute atomic E-state index is 6.13. The van der Waals surface area contributed by atoms with Crippen molar-refractivity contribution in [2.45, 2.75) is 20.4 Å². The van der Waals surface area contributed by atoms with Crippen LogP contribution in [0, 0.1) is 6.92 Å². The number of nitrogens with one attached hydrogen (secondary N) is 1. The number of rotatable bonds is 4. The average molecular weight is 312 g/mol. The van der Waals surface area contributed by atoms with Crippen molar-refractivity contribution >= 4 is 28.3 Å². The Labute approximate surface area is 136 Å². The van der Waals surface area contributed by atoms with Crippen LogP contribution in [0.4, 0.5) is 5.82 Å². The molecule has 0 saturated carbocycles. The molecule has 0 aliphatic rings. The highest BCUT2D eigenvalue weighted by Crippen LogP contribution is 2.22. The summed E-state index contributed by atoms with van der Waals surface area (Å²) in [5.74, 6) is 1.12. The van der Waals surface area contributed by atoms with Gasteiger partial charge in [-0.05, 0) is 37.1 Å². The molecule has 2 aromatic carbocycles. The maximum Gasteiger partial charge on any atom is 0.275 e. The number of hydrogen-bond acceptors (Lipinski definition) is 1. The van der Waals surface area contributed by atoms with Crippen molar-refractivity contribution in [2.75, 3.05) is 11.4 Å². The largest absolute Gasteiger partial charge is 0.275 e. The summed E-state index contributed by atoms with van der Waals surface area (Å²) >= 11 is 6.13. The van der Waals surface area contributed by atoms with Crippen molar-refractivity contribution in [1.82, 2.24) is 0 Å². The second kappa shape index (κ2) is 6.37. The first-order valence-electron chi connectivity index (χ1n) is 7.58. The summed E-state index contributed by atoms with van der Waals surface area (Å²) in [6.45, 7) is 6.15. The number of pyridine rings is 1. The molecule has 1 aromatic heterocycles. The number of hydrogen-bond donors (Lipinski definition) is 0. The van der Waals surface area contributed by atoms with Crippen molar-refractivity contribution in [3.63, 3.8) is 0 Å². The van der Waals surface area contributed by atoms with Crippen LogP contribution in [-0.2, 0) is 6.54 Å². The van der Waals surface area contributed by atoms with E-state index in [1.54, 1.807) is 0 Å². The summed E-state index contributed by atoms with van der Waals surface area (Å²) in [5, 5.41) is 1.97. The standard InChI is InChI=1S/C19H19ClN2/c1-3-22(13-15-7-5-4-6-8-15)19-11-14(2)17-10-9-16(20)12-18(17)21-19/h4-12H,3,13H2,1-2H3/p+1. The normalized spacial score (nSPS) is 10.9. The molecule has 1 heterocycles. The van der Waals surface area contributed by atoms with E-state index in [1.807, 2.05) is 18.2 Å². The molecule has 0 atom stereocenters. The molecular weight excluding hydrogens is 292 g/mol. The quantitative estimate of drug-likeness (QED) is 0.686. The second-order valence-electron chi connectivity index (χ2n) is 5.53. The van der Waals surface area contributed by atoms with Gasteiger partial charge in [0.25, 0.3) is 5.82 Å². The summed E-state index contributed by atoms with van der Waals surface area (Å²) in [7, 11) is 0. The number of H-pyrrole nitrogens is 1. The molecule has 0 amide bonds. The van der Waals surface area contributed by atoms with Crippen molar-refractivity contribution in [3.05, 3.63) is 70.7 Å². The van der Waals surface area contributed by atoms with Crippen LogP contribution >= 0.6 is 11.6 Å². The maximum atomic E-state index is 6.13. The third-order valence-electron chi connectivity index (χ3n) is 3.96. The molecule has 3 aromatic rings. The topological polar surface area (TPSA) is 17.4 Å². The molecule has 0 aliphatic heterocycles. The second-order valence-corrected chi connectivity index (χ2v) is 5.96. The van der Waals surface area contributed by atoms with E-state index >= 15 is 0 Å². The lowest BCUT2D eigenvalue weighted by molar-refractivity contribution is -0.330. The lowest BCUT2D eigenvalue weighted by atomic mass is 10.1. The number of anilines is 1. The minimum atomic E-state index is 0.756. The van der Waals surface area contributed by atoms with Gasteiger partial charge in [0.05, 0.1) is 6.54 Å². The molecule has 0 bridgehead atoms. The first-order valence-corrected chi connectivity index (χ1v) is 7.96. The molecule has 0 spiro atoms. The summed E-state index contributed by atoms with van der Waals surface area (Å²) in [6.07, 6.45) is 0. The van der Waals surface area contributed by atoms with E-state index in [4.69, 9.17) is 11.6 Å². The van der Waals surface area contributed by atoms with Crippen LogP contribution in [0.3, 0.4) is 0 Å². The average Bonchev–Trinajstić information content (AvgIpc) is 2.53. The Morgan fingerprint density at radius 1 is 1.05 bits per heavy atom. The molecular formula is C19H20ClN2+. The van der Waals surface area contributed by atoms with E-state index in [0.29, 0.717) is 0 Å². The number of aryl methyl sites for hydroxylation is 1. The van der Waals surface area contributed by atoms with E-state index in [9.17, 15) is 0 Å². The van der Waals surface area contributed by atoms with Gasteiger partial charge in [-0.25, -0.2) is 4.98 Å². The molecule has 112 valence electrons. The Morgan fingerprint density at radius 2 is 1.82 bits per heavy atom. The Kier molecular flexibility index (Phi) is 4.30. The van der Waals surface area contributed by atoms with Crippen LogP contribution in [0.1, 0.15) is 18.1 Å². The van der Waals surface area contributed by atoms with Gasteiger partial charge in [-0.3, -0.25) is 4.90 Å². The van der Waals surface area contributed by atoms with Gasteiger partial charge < -0.3 is 0 Å². The lowest BCUT2D eigenvalue weighted by Gasteiger charge is -2.16. The number of halogens is 1. The number of benzene rings is 2. The smallest absolute Gasteiger partial charge is 0.258 e. The van der Waals surface area contributed by atoms with Crippen molar-refractivity contribution in [1.29, 1.82) is 0 Å². The zero-order valence-corrected chi connectivity index (χ0v) is 13.7. The van der Waals surface area contributed by atoms with Crippen LogP contribution in [0.25, 0.3) is 10.9 Å². The van der Waals surface area contributed by atoms with Crippen LogP contribution < -0.4 is 9.88 Å². The monoisotopic (exact) mass is 311 g/mol. The minimum absolute atomic E-state index is 0.756. The molecule has 2 nitrogen and oxygen atoms in total. The van der Waals surface area contributed by atoms with E-state index in [-0.39, 0.29) is 0 Å². The molecule has 0 fully saturated rings. The summed E-state index contributed by atoms with van der Waals surface area (Å²) in [4.78, 5) is 5.86. The van der Waals surface area contributed by atoms with E-state index in [1.165, 1.54) is 16.5 Å². The molecule has 3 heteroatoms. The van der Waals surface area contributed by atoms with Crippen molar-refractivity contribution in [2.24, 2.45) is 0 Å². The van der Waals surface area contributed by atoms with Crippen LogP contribution in [0.2, 0.25) is 5.02 Å². The Balaban J connectivity index is 2.00. The molecule has 3 rings (SSSR count). The summed E-state index contributed by atoms with van der Waals surface area (Å²) in [5.41, 5.74) is 3.64. The van der Waals surface area contributed by atoms with Gasteiger partial charge in [-0.2, -0.15) is 0 Å².